The molecule has 114 valence electrons. The normalized spacial score (nSPS) is 12.0. The van der Waals surface area contributed by atoms with Crippen molar-refractivity contribution in [2.45, 2.75) is 25.3 Å². The quantitative estimate of drug-likeness (QED) is 0.898. The van der Waals surface area contributed by atoms with Crippen molar-refractivity contribution >= 4 is 38.7 Å². The maximum atomic E-state index is 12.5. The van der Waals surface area contributed by atoms with Gasteiger partial charge in [-0.25, -0.2) is 18.2 Å². The van der Waals surface area contributed by atoms with Crippen LogP contribution in [0.3, 0.4) is 0 Å². The predicted molar refractivity (Wildman–Crippen MR) is 81.5 cm³/mol. The van der Waals surface area contributed by atoms with Gasteiger partial charge in [-0.1, -0.05) is 0 Å². The van der Waals surface area contributed by atoms with Crippen LogP contribution in [0.15, 0.2) is 17.2 Å². The summed E-state index contributed by atoms with van der Waals surface area (Å²) < 4.78 is 26.3. The van der Waals surface area contributed by atoms with Crippen LogP contribution in [0.1, 0.15) is 24.4 Å². The van der Waals surface area contributed by atoms with Crippen molar-refractivity contribution < 1.29 is 18.3 Å². The van der Waals surface area contributed by atoms with Gasteiger partial charge in [0, 0.05) is 29.5 Å². The molecule has 0 amide bonds. The van der Waals surface area contributed by atoms with E-state index in [1.807, 2.05) is 6.92 Å². The van der Waals surface area contributed by atoms with E-state index in [2.05, 4.69) is 4.98 Å². The zero-order valence-corrected chi connectivity index (χ0v) is 14.1. The van der Waals surface area contributed by atoms with E-state index >= 15 is 0 Å². The van der Waals surface area contributed by atoms with E-state index in [1.165, 1.54) is 28.8 Å². The fourth-order valence-electron chi connectivity index (χ4n) is 1.78. The Morgan fingerprint density at radius 1 is 1.38 bits per heavy atom. The number of aryl methyl sites for hydroxylation is 2. The van der Waals surface area contributed by atoms with Crippen LogP contribution in [0.5, 0.6) is 0 Å². The number of carboxylic acid groups (broad SMARTS) is 1. The number of aromatic carboxylic acids is 1. The Balaban J connectivity index is 2.30. The Bertz CT molecular complexity index is 776. The maximum absolute atomic E-state index is 12.5. The fourth-order valence-corrected chi connectivity index (χ4v) is 5.25. The molecule has 0 fully saturated rings. The molecule has 9 heteroatoms. The number of carboxylic acids is 1. The number of rotatable bonds is 5. The standard InChI is InChI=1S/C12H14N2O4S3/c1-7-11(4-10(19-7)12(15)16)21(17,18)14(3)6-9-5-13-8(2)20-9/h4-5H,6H2,1-3H3,(H,15,16). The highest BCUT2D eigenvalue weighted by Gasteiger charge is 2.26. The number of thiazole rings is 1. The largest absolute Gasteiger partial charge is 0.477 e. The lowest BCUT2D eigenvalue weighted by Crippen LogP contribution is -2.26. The summed E-state index contributed by atoms with van der Waals surface area (Å²) in [7, 11) is -2.24. The SMILES string of the molecule is Cc1ncc(CN(C)S(=O)(=O)c2cc(C(=O)O)sc2C)s1. The van der Waals surface area contributed by atoms with Crippen molar-refractivity contribution in [2.75, 3.05) is 7.05 Å². The molecule has 1 N–H and O–H groups in total. The molecule has 2 aromatic rings. The van der Waals surface area contributed by atoms with Crippen LogP contribution in [-0.2, 0) is 16.6 Å². The van der Waals surface area contributed by atoms with Gasteiger partial charge in [0.2, 0.25) is 10.0 Å². The van der Waals surface area contributed by atoms with Gasteiger partial charge >= 0.3 is 5.97 Å². The second-order valence-corrected chi connectivity index (χ2v) is 9.03. The first-order valence-electron chi connectivity index (χ1n) is 5.93. The molecule has 21 heavy (non-hydrogen) atoms. The summed E-state index contributed by atoms with van der Waals surface area (Å²) in [6, 6.07) is 1.21. The van der Waals surface area contributed by atoms with Crippen LogP contribution in [0.4, 0.5) is 0 Å². The van der Waals surface area contributed by atoms with Crippen molar-refractivity contribution in [3.8, 4) is 0 Å². The van der Waals surface area contributed by atoms with E-state index in [0.717, 1.165) is 21.2 Å². The molecule has 0 aliphatic heterocycles. The third-order valence-electron chi connectivity index (χ3n) is 2.82. The molecule has 0 aliphatic rings. The van der Waals surface area contributed by atoms with Crippen LogP contribution in [-0.4, -0.2) is 35.8 Å². The first kappa shape index (κ1) is 16.1. The molecule has 0 unspecified atom stereocenters. The highest BCUT2D eigenvalue weighted by Crippen LogP contribution is 2.28. The average Bonchev–Trinajstić information content (AvgIpc) is 2.96. The van der Waals surface area contributed by atoms with Crippen molar-refractivity contribution in [1.82, 2.24) is 9.29 Å². The van der Waals surface area contributed by atoms with Gasteiger partial charge in [0.15, 0.2) is 0 Å². The van der Waals surface area contributed by atoms with Crippen LogP contribution < -0.4 is 0 Å². The zero-order chi connectivity index (χ0) is 15.8. The Labute approximate surface area is 130 Å². The third-order valence-corrected chi connectivity index (χ3v) is 6.81. The molecule has 2 heterocycles. The van der Waals surface area contributed by atoms with Gasteiger partial charge in [0.1, 0.15) is 4.88 Å². The molecule has 0 aromatic carbocycles. The first-order valence-corrected chi connectivity index (χ1v) is 9.00. The van der Waals surface area contributed by atoms with Crippen LogP contribution in [0.2, 0.25) is 0 Å². The molecule has 6 nitrogen and oxygen atoms in total. The highest BCUT2D eigenvalue weighted by molar-refractivity contribution is 7.89. The van der Waals surface area contributed by atoms with Gasteiger partial charge < -0.3 is 5.11 Å². The number of aromatic nitrogens is 1. The molecule has 2 rings (SSSR count). The summed E-state index contributed by atoms with van der Waals surface area (Å²) in [5.74, 6) is -1.12. The second-order valence-electron chi connectivity index (χ2n) is 4.44. The number of thiophene rings is 1. The lowest BCUT2D eigenvalue weighted by molar-refractivity contribution is 0.0702. The molecule has 2 aromatic heterocycles. The van der Waals surface area contributed by atoms with E-state index in [0.29, 0.717) is 4.88 Å². The van der Waals surface area contributed by atoms with Gasteiger partial charge in [-0.05, 0) is 19.9 Å². The molecule has 0 spiro atoms. The fraction of sp³-hybridized carbons (Fsp3) is 0.333. The molecule has 0 bridgehead atoms. The van der Waals surface area contributed by atoms with Crippen LogP contribution in [0, 0.1) is 13.8 Å². The van der Waals surface area contributed by atoms with Gasteiger partial charge in [0.05, 0.1) is 9.90 Å². The smallest absolute Gasteiger partial charge is 0.345 e. The second kappa shape index (κ2) is 5.84. The summed E-state index contributed by atoms with van der Waals surface area (Å²) in [6.07, 6.45) is 1.65. The van der Waals surface area contributed by atoms with E-state index in [4.69, 9.17) is 5.11 Å². The Morgan fingerprint density at radius 2 is 2.05 bits per heavy atom. The number of sulfonamides is 1. The van der Waals surface area contributed by atoms with Gasteiger partial charge in [-0.15, -0.1) is 22.7 Å². The van der Waals surface area contributed by atoms with E-state index < -0.39 is 16.0 Å². The predicted octanol–water partition coefficient (Wildman–Crippen LogP) is 2.34. The Morgan fingerprint density at radius 3 is 2.52 bits per heavy atom. The van der Waals surface area contributed by atoms with Crippen LogP contribution >= 0.6 is 22.7 Å². The minimum atomic E-state index is -3.71. The number of hydrogen-bond acceptors (Lipinski definition) is 6. The Kier molecular flexibility index (Phi) is 4.47. The summed E-state index contributed by atoms with van der Waals surface area (Å²) in [5, 5.41) is 9.83. The molecule has 0 saturated heterocycles. The van der Waals surface area contributed by atoms with Crippen LogP contribution in [0.25, 0.3) is 0 Å². The van der Waals surface area contributed by atoms with Crippen molar-refractivity contribution in [2.24, 2.45) is 0 Å². The minimum absolute atomic E-state index is 0.0214. The number of nitrogens with zero attached hydrogens (tertiary/aromatic N) is 2. The lowest BCUT2D eigenvalue weighted by Gasteiger charge is -2.15. The summed E-state index contributed by atoms with van der Waals surface area (Å²) in [4.78, 5) is 16.4. The topological polar surface area (TPSA) is 87.6 Å². The van der Waals surface area contributed by atoms with Gasteiger partial charge in [-0.3, -0.25) is 0 Å². The zero-order valence-electron chi connectivity index (χ0n) is 11.7. The molecule has 0 atom stereocenters. The molecular formula is C12H14N2O4S3. The average molecular weight is 346 g/mol. The van der Waals surface area contributed by atoms with Gasteiger partial charge in [0.25, 0.3) is 0 Å². The molecule has 0 radical (unpaired) electrons. The Hall–Kier alpha value is -1.29. The third kappa shape index (κ3) is 3.31. The molecule has 0 saturated carbocycles. The number of carbonyl (C=O) groups is 1. The van der Waals surface area contributed by atoms with E-state index in [1.54, 1.807) is 13.1 Å². The van der Waals surface area contributed by atoms with E-state index in [-0.39, 0.29) is 16.3 Å². The number of hydrogen-bond donors (Lipinski definition) is 1. The van der Waals surface area contributed by atoms with Gasteiger partial charge in [-0.2, -0.15) is 4.31 Å². The van der Waals surface area contributed by atoms with Crippen molar-refractivity contribution in [1.29, 1.82) is 0 Å². The summed E-state index contributed by atoms with van der Waals surface area (Å²) >= 11 is 2.39. The summed E-state index contributed by atoms with van der Waals surface area (Å²) in [5.41, 5.74) is 0. The van der Waals surface area contributed by atoms with Crippen molar-refractivity contribution in [3.05, 3.63) is 31.9 Å². The minimum Gasteiger partial charge on any atom is -0.477 e. The van der Waals surface area contributed by atoms with E-state index in [9.17, 15) is 13.2 Å². The first-order chi connectivity index (χ1) is 9.71. The maximum Gasteiger partial charge on any atom is 0.345 e. The molecule has 0 aliphatic carbocycles. The highest BCUT2D eigenvalue weighted by atomic mass is 32.2. The van der Waals surface area contributed by atoms with Crippen molar-refractivity contribution in [3.63, 3.8) is 0 Å². The lowest BCUT2D eigenvalue weighted by atomic mass is 10.4. The summed E-state index contributed by atoms with van der Waals surface area (Å²) in [6.45, 7) is 3.67. The molecular weight excluding hydrogens is 332 g/mol. The monoisotopic (exact) mass is 346 g/mol.